The normalized spacial score (nSPS) is 18.2. The van der Waals surface area contributed by atoms with Gasteiger partial charge in [0.25, 0.3) is 5.91 Å². The van der Waals surface area contributed by atoms with E-state index in [1.807, 2.05) is 0 Å². The molecule has 0 radical (unpaired) electrons. The summed E-state index contributed by atoms with van der Waals surface area (Å²) in [5.41, 5.74) is 7.13. The fraction of sp³-hybridized carbons (Fsp3) is 0.250. The third-order valence-corrected chi connectivity index (χ3v) is 3.67. The molecule has 0 spiro atoms. The van der Waals surface area contributed by atoms with Crippen LogP contribution in [0.1, 0.15) is 17.4 Å². The Bertz CT molecular complexity index is 887. The van der Waals surface area contributed by atoms with Crippen molar-refractivity contribution in [1.82, 2.24) is 20.6 Å². The van der Waals surface area contributed by atoms with E-state index in [-0.39, 0.29) is 11.5 Å². The highest BCUT2D eigenvalue weighted by Gasteiger charge is 2.36. The molecule has 1 aliphatic heterocycles. The number of nitrogens with zero attached hydrogens (tertiary/aromatic N) is 2. The van der Waals surface area contributed by atoms with E-state index in [1.165, 1.54) is 20.2 Å². The molecule has 0 saturated heterocycles. The first-order valence-electron chi connectivity index (χ1n) is 7.63. The van der Waals surface area contributed by atoms with Crippen molar-refractivity contribution in [2.45, 2.75) is 12.8 Å². The summed E-state index contributed by atoms with van der Waals surface area (Å²) in [5.74, 6) is -1.35. The van der Waals surface area contributed by atoms with E-state index in [4.69, 9.17) is 15.2 Å². The number of rotatable bonds is 4. The highest BCUT2D eigenvalue weighted by Crippen LogP contribution is 2.32. The van der Waals surface area contributed by atoms with Crippen molar-refractivity contribution in [3.63, 3.8) is 0 Å². The van der Waals surface area contributed by atoms with Crippen LogP contribution >= 0.6 is 0 Å². The summed E-state index contributed by atoms with van der Waals surface area (Å²) < 4.78 is 10.5. The van der Waals surface area contributed by atoms with Gasteiger partial charge < -0.3 is 20.1 Å². The number of nitrogens with one attached hydrogen (secondary N) is 3. The van der Waals surface area contributed by atoms with Gasteiger partial charge in [0, 0.05) is 12.5 Å². The molecule has 1 aliphatic rings. The summed E-state index contributed by atoms with van der Waals surface area (Å²) in [6.45, 7) is 1.28. The van der Waals surface area contributed by atoms with Crippen molar-refractivity contribution < 1.29 is 19.1 Å². The Morgan fingerprint density at radius 3 is 2.62 bits per heavy atom. The number of carbonyl (C=O) groups is 2. The van der Waals surface area contributed by atoms with Gasteiger partial charge in [0.2, 0.25) is 11.8 Å². The monoisotopic (exact) mass is 358 g/mol. The maximum absolute atomic E-state index is 12.4. The number of aromatic nitrogens is 2. The van der Waals surface area contributed by atoms with E-state index in [9.17, 15) is 9.59 Å². The quantitative estimate of drug-likeness (QED) is 0.561. The fourth-order valence-electron chi connectivity index (χ4n) is 2.57. The minimum absolute atomic E-state index is 0.0590. The van der Waals surface area contributed by atoms with Gasteiger partial charge in [0.15, 0.2) is 23.0 Å². The molecule has 3 rings (SSSR count). The highest BCUT2D eigenvalue weighted by atomic mass is 16.5. The number of methoxy groups -OCH3 is 2. The second kappa shape index (κ2) is 6.48. The van der Waals surface area contributed by atoms with E-state index < -0.39 is 17.7 Å². The van der Waals surface area contributed by atoms with Gasteiger partial charge in [-0.25, -0.2) is 9.97 Å². The average molecular weight is 358 g/mol. The topological polar surface area (TPSA) is 140 Å². The summed E-state index contributed by atoms with van der Waals surface area (Å²) in [5, 5.41) is 7.60. The molecule has 1 aromatic heterocycles. The number of ether oxygens (including phenoxy) is 2. The molecule has 26 heavy (non-hydrogen) atoms. The Morgan fingerprint density at radius 1 is 1.23 bits per heavy atom. The number of fused-ring (bicyclic) bond motifs is 1. The number of hydrogen-bond donors (Lipinski definition) is 4. The number of benzene rings is 1. The van der Waals surface area contributed by atoms with Crippen LogP contribution < -0.4 is 31.2 Å². The van der Waals surface area contributed by atoms with Gasteiger partial charge in [-0.2, -0.15) is 0 Å². The zero-order chi connectivity index (χ0) is 18.9. The lowest BCUT2D eigenvalue weighted by Gasteiger charge is -2.35. The molecular formula is C16H18N6O4. The molecule has 1 aromatic carbocycles. The molecule has 0 saturated carbocycles. The van der Waals surface area contributed by atoms with Gasteiger partial charge >= 0.3 is 0 Å². The molecule has 2 aromatic rings. The summed E-state index contributed by atoms with van der Waals surface area (Å²) in [4.78, 5) is 32.2. The van der Waals surface area contributed by atoms with E-state index in [0.29, 0.717) is 22.8 Å². The number of carbonyl (C=O) groups excluding carboxylic acids is 2. The van der Waals surface area contributed by atoms with E-state index in [2.05, 4.69) is 25.9 Å². The average Bonchev–Trinajstić information content (AvgIpc) is 2.59. The van der Waals surface area contributed by atoms with Gasteiger partial charge in [-0.1, -0.05) is 0 Å². The van der Waals surface area contributed by atoms with Gasteiger partial charge in [-0.15, -0.1) is 0 Å². The fourth-order valence-corrected chi connectivity index (χ4v) is 2.57. The molecule has 0 bridgehead atoms. The number of hydrogen-bond acceptors (Lipinski definition) is 8. The van der Waals surface area contributed by atoms with Crippen LogP contribution in [0.4, 0.5) is 5.82 Å². The minimum Gasteiger partial charge on any atom is -0.493 e. The first-order chi connectivity index (χ1) is 12.3. The third kappa shape index (κ3) is 3.22. The first-order valence-corrected chi connectivity index (χ1v) is 7.63. The Morgan fingerprint density at radius 2 is 1.96 bits per heavy atom. The predicted octanol–water partition coefficient (Wildman–Crippen LogP) is 0.0222. The summed E-state index contributed by atoms with van der Waals surface area (Å²) in [6.07, 6.45) is 1.49. The summed E-state index contributed by atoms with van der Waals surface area (Å²) in [7, 11) is 3.07. The second-order valence-corrected chi connectivity index (χ2v) is 5.59. The van der Waals surface area contributed by atoms with E-state index >= 15 is 0 Å². The molecule has 10 nitrogen and oxygen atoms in total. The standard InChI is InChI=1S/C16H18N6O4/c1-8(23)20-16(17)21-14-13(15(24)22-16)19-10(7-18-14)9-4-5-11(25-2)12(6-9)26-3/h4-7H,17H2,1-3H3,(H,18,21)(H,20,23)(H,22,24). The Labute approximate surface area is 149 Å². The van der Waals surface area contributed by atoms with Gasteiger partial charge in [-0.3, -0.25) is 20.6 Å². The number of nitrogens with two attached hydrogens (primary N) is 1. The molecular weight excluding hydrogens is 340 g/mol. The molecule has 1 atom stereocenters. The van der Waals surface area contributed by atoms with E-state index in [0.717, 1.165) is 0 Å². The molecule has 10 heteroatoms. The zero-order valence-corrected chi connectivity index (χ0v) is 14.4. The Hall–Kier alpha value is -3.40. The molecule has 0 aliphatic carbocycles. The molecule has 2 heterocycles. The van der Waals surface area contributed by atoms with Crippen molar-refractivity contribution in [2.24, 2.45) is 5.73 Å². The lowest BCUT2D eigenvalue weighted by atomic mass is 10.1. The molecule has 0 fully saturated rings. The number of amides is 2. The summed E-state index contributed by atoms with van der Waals surface area (Å²) >= 11 is 0. The van der Waals surface area contributed by atoms with Crippen LogP contribution in [0, 0.1) is 0 Å². The van der Waals surface area contributed by atoms with Crippen LogP contribution in [-0.2, 0) is 4.79 Å². The second-order valence-electron chi connectivity index (χ2n) is 5.59. The van der Waals surface area contributed by atoms with Crippen LogP contribution in [0.2, 0.25) is 0 Å². The van der Waals surface area contributed by atoms with Crippen LogP contribution in [0.15, 0.2) is 24.4 Å². The number of anilines is 1. The SMILES string of the molecule is COc1ccc(-c2cnc3c(n2)C(=O)NC(N)(NC(C)=O)N3)cc1OC. The van der Waals surface area contributed by atoms with Crippen molar-refractivity contribution >= 4 is 17.6 Å². The molecule has 5 N–H and O–H groups in total. The molecule has 136 valence electrons. The van der Waals surface area contributed by atoms with Crippen LogP contribution in [0.3, 0.4) is 0 Å². The van der Waals surface area contributed by atoms with Crippen molar-refractivity contribution in [1.29, 1.82) is 0 Å². The Balaban J connectivity index is 1.97. The largest absolute Gasteiger partial charge is 0.493 e. The highest BCUT2D eigenvalue weighted by molar-refractivity contribution is 6.00. The maximum Gasteiger partial charge on any atom is 0.278 e. The van der Waals surface area contributed by atoms with Gasteiger partial charge in [-0.05, 0) is 18.2 Å². The van der Waals surface area contributed by atoms with Crippen LogP contribution in [0.5, 0.6) is 11.5 Å². The van der Waals surface area contributed by atoms with Crippen LogP contribution in [0.25, 0.3) is 11.3 Å². The smallest absolute Gasteiger partial charge is 0.278 e. The van der Waals surface area contributed by atoms with Gasteiger partial charge in [0.1, 0.15) is 0 Å². The lowest BCUT2D eigenvalue weighted by molar-refractivity contribution is -0.120. The molecule has 1 unspecified atom stereocenters. The summed E-state index contributed by atoms with van der Waals surface area (Å²) in [6, 6.07) is 5.24. The van der Waals surface area contributed by atoms with Crippen molar-refractivity contribution in [3.05, 3.63) is 30.1 Å². The van der Waals surface area contributed by atoms with Crippen LogP contribution in [-0.4, -0.2) is 41.9 Å². The van der Waals surface area contributed by atoms with Crippen molar-refractivity contribution in [3.8, 4) is 22.8 Å². The van der Waals surface area contributed by atoms with Crippen molar-refractivity contribution in [2.75, 3.05) is 19.5 Å². The Kier molecular flexibility index (Phi) is 4.34. The first kappa shape index (κ1) is 17.4. The predicted molar refractivity (Wildman–Crippen MR) is 92.4 cm³/mol. The minimum atomic E-state index is -1.63. The molecule has 2 amide bonds. The lowest BCUT2D eigenvalue weighted by Crippen LogP contribution is -2.73. The van der Waals surface area contributed by atoms with E-state index in [1.54, 1.807) is 25.3 Å². The third-order valence-electron chi connectivity index (χ3n) is 3.67. The zero-order valence-electron chi connectivity index (χ0n) is 14.4. The maximum atomic E-state index is 12.4. The van der Waals surface area contributed by atoms with Gasteiger partial charge in [0.05, 0.1) is 26.1 Å².